The second-order valence-electron chi connectivity index (χ2n) is 7.01. The lowest BCUT2D eigenvalue weighted by Crippen LogP contribution is -2.38. The molecule has 0 fully saturated rings. The van der Waals surface area contributed by atoms with Crippen LogP contribution in [0.3, 0.4) is 0 Å². The van der Waals surface area contributed by atoms with Gasteiger partial charge in [-0.1, -0.05) is 48.2 Å². The van der Waals surface area contributed by atoms with Gasteiger partial charge in [-0.2, -0.15) is 0 Å². The van der Waals surface area contributed by atoms with Crippen LogP contribution < -0.4 is 10.6 Å². The van der Waals surface area contributed by atoms with Crippen LogP contribution in [0, 0.1) is 10.1 Å². The fourth-order valence-corrected chi connectivity index (χ4v) is 4.62. The van der Waals surface area contributed by atoms with Gasteiger partial charge in [0.2, 0.25) is 0 Å². The zero-order valence-corrected chi connectivity index (χ0v) is 16.9. The monoisotopic (exact) mass is 428 g/mol. The first-order valence-electron chi connectivity index (χ1n) is 9.56. The number of carbonyl (C=O) groups excluding carboxylic acids is 1. The standard InChI is InChI=1S/C23H16N4O3S/c28-23-16-7-1-2-8-17(16)25-22(26-23)15-10-11-19(18(13-15)27(29)30)31-20-9-3-5-14-6-4-12-24-21(14)20/h1-13,22,25H,(H,26,28). The molecule has 2 N–H and O–H groups in total. The Morgan fingerprint density at radius 2 is 1.77 bits per heavy atom. The summed E-state index contributed by atoms with van der Waals surface area (Å²) in [6, 6.07) is 21.8. The fraction of sp³-hybridized carbons (Fsp3) is 0.0435. The van der Waals surface area contributed by atoms with Gasteiger partial charge < -0.3 is 10.6 Å². The van der Waals surface area contributed by atoms with Crippen molar-refractivity contribution in [1.29, 1.82) is 0 Å². The van der Waals surface area contributed by atoms with Gasteiger partial charge in [-0.05, 0) is 30.3 Å². The van der Waals surface area contributed by atoms with Gasteiger partial charge in [0.05, 0.1) is 20.9 Å². The molecule has 1 aliphatic rings. The second kappa shape index (κ2) is 7.73. The largest absolute Gasteiger partial charge is 0.361 e. The van der Waals surface area contributed by atoms with E-state index in [0.29, 0.717) is 21.7 Å². The van der Waals surface area contributed by atoms with Crippen LogP contribution in [0.5, 0.6) is 0 Å². The first kappa shape index (κ1) is 19.1. The lowest BCUT2D eigenvalue weighted by molar-refractivity contribution is -0.387. The topological polar surface area (TPSA) is 97.2 Å². The molecule has 3 aromatic carbocycles. The molecule has 5 rings (SSSR count). The zero-order chi connectivity index (χ0) is 21.4. The van der Waals surface area contributed by atoms with Gasteiger partial charge in [0.15, 0.2) is 0 Å². The molecular weight excluding hydrogens is 412 g/mol. The molecule has 1 aromatic heterocycles. The SMILES string of the molecule is O=C1NC(c2ccc(Sc3cccc4cccnc34)c([N+](=O)[O-])c2)Nc2ccccc21. The molecule has 152 valence electrons. The summed E-state index contributed by atoms with van der Waals surface area (Å²) >= 11 is 1.30. The minimum absolute atomic E-state index is 0.0228. The molecule has 0 radical (unpaired) electrons. The molecule has 4 aromatic rings. The van der Waals surface area contributed by atoms with Crippen molar-refractivity contribution in [2.24, 2.45) is 0 Å². The van der Waals surface area contributed by atoms with Crippen LogP contribution in [0.15, 0.2) is 88.8 Å². The molecule has 8 heteroatoms. The third-order valence-corrected chi connectivity index (χ3v) is 6.19. The molecule has 1 atom stereocenters. The van der Waals surface area contributed by atoms with E-state index in [2.05, 4.69) is 15.6 Å². The Bertz CT molecular complexity index is 1340. The number of anilines is 1. The van der Waals surface area contributed by atoms with Crippen LogP contribution in [0.4, 0.5) is 11.4 Å². The molecule has 0 saturated heterocycles. The number of benzene rings is 3. The highest BCUT2D eigenvalue weighted by molar-refractivity contribution is 7.99. The van der Waals surface area contributed by atoms with Gasteiger partial charge in [0.25, 0.3) is 11.6 Å². The highest BCUT2D eigenvalue weighted by Gasteiger charge is 2.26. The van der Waals surface area contributed by atoms with Crippen molar-refractivity contribution in [3.05, 3.63) is 100 Å². The summed E-state index contributed by atoms with van der Waals surface area (Å²) in [4.78, 5) is 29.6. The van der Waals surface area contributed by atoms with Gasteiger partial charge in [0, 0.05) is 33.8 Å². The number of hydrogen-bond donors (Lipinski definition) is 2. The van der Waals surface area contributed by atoms with Crippen molar-refractivity contribution >= 4 is 39.9 Å². The number of aromatic nitrogens is 1. The van der Waals surface area contributed by atoms with Crippen LogP contribution >= 0.6 is 11.8 Å². The van der Waals surface area contributed by atoms with E-state index in [1.807, 2.05) is 42.5 Å². The molecule has 1 amide bonds. The number of pyridine rings is 1. The average Bonchev–Trinajstić information content (AvgIpc) is 2.79. The van der Waals surface area contributed by atoms with Crippen LogP contribution in [0.2, 0.25) is 0 Å². The Labute approximate surface area is 181 Å². The summed E-state index contributed by atoms with van der Waals surface area (Å²) in [7, 11) is 0. The van der Waals surface area contributed by atoms with E-state index in [1.165, 1.54) is 17.8 Å². The van der Waals surface area contributed by atoms with E-state index < -0.39 is 11.1 Å². The van der Waals surface area contributed by atoms with Crippen LogP contribution in [0.1, 0.15) is 22.1 Å². The normalized spacial score (nSPS) is 15.1. The number of hydrogen-bond acceptors (Lipinski definition) is 6. The van der Waals surface area contributed by atoms with Crippen molar-refractivity contribution < 1.29 is 9.72 Å². The molecular formula is C23H16N4O3S. The molecule has 0 spiro atoms. The Hall–Kier alpha value is -3.91. The molecule has 1 aliphatic heterocycles. The zero-order valence-electron chi connectivity index (χ0n) is 16.1. The maximum absolute atomic E-state index is 12.4. The molecule has 31 heavy (non-hydrogen) atoms. The van der Waals surface area contributed by atoms with E-state index in [0.717, 1.165) is 15.8 Å². The quantitative estimate of drug-likeness (QED) is 0.345. The number of nitrogens with one attached hydrogen (secondary N) is 2. The van der Waals surface area contributed by atoms with Gasteiger partial charge >= 0.3 is 0 Å². The van der Waals surface area contributed by atoms with Gasteiger partial charge in [-0.3, -0.25) is 19.9 Å². The summed E-state index contributed by atoms with van der Waals surface area (Å²) < 4.78 is 0. The Balaban J connectivity index is 1.50. The van der Waals surface area contributed by atoms with E-state index in [9.17, 15) is 14.9 Å². The van der Waals surface area contributed by atoms with E-state index >= 15 is 0 Å². The summed E-state index contributed by atoms with van der Waals surface area (Å²) in [5, 5.41) is 18.9. The summed E-state index contributed by atoms with van der Waals surface area (Å²) in [6.45, 7) is 0. The summed E-state index contributed by atoms with van der Waals surface area (Å²) in [5.41, 5.74) is 2.62. The minimum Gasteiger partial charge on any atom is -0.361 e. The first-order valence-corrected chi connectivity index (χ1v) is 10.4. The number of rotatable bonds is 4. The Morgan fingerprint density at radius 3 is 2.65 bits per heavy atom. The lowest BCUT2D eigenvalue weighted by Gasteiger charge is -2.28. The third-order valence-electron chi connectivity index (χ3n) is 5.08. The van der Waals surface area contributed by atoms with E-state index in [4.69, 9.17) is 0 Å². The van der Waals surface area contributed by atoms with Crippen molar-refractivity contribution in [1.82, 2.24) is 10.3 Å². The molecule has 0 saturated carbocycles. The fourth-order valence-electron chi connectivity index (χ4n) is 3.59. The number of amides is 1. The minimum atomic E-state index is -0.556. The average molecular weight is 428 g/mol. The molecule has 0 aliphatic carbocycles. The highest BCUT2D eigenvalue weighted by atomic mass is 32.2. The molecule has 2 heterocycles. The van der Waals surface area contributed by atoms with Gasteiger partial charge in [0.1, 0.15) is 6.17 Å². The van der Waals surface area contributed by atoms with Crippen LogP contribution in [-0.4, -0.2) is 15.8 Å². The smallest absolute Gasteiger partial charge is 0.283 e. The lowest BCUT2D eigenvalue weighted by atomic mass is 10.1. The number of para-hydroxylation sites is 2. The third kappa shape index (κ3) is 3.57. The second-order valence-corrected chi connectivity index (χ2v) is 8.10. The Morgan fingerprint density at radius 1 is 0.935 bits per heavy atom. The maximum atomic E-state index is 12.4. The first-order chi connectivity index (χ1) is 15.1. The molecule has 0 bridgehead atoms. The number of nitrogens with zero attached hydrogens (tertiary/aromatic N) is 2. The van der Waals surface area contributed by atoms with E-state index in [-0.39, 0.29) is 11.6 Å². The van der Waals surface area contributed by atoms with E-state index in [1.54, 1.807) is 30.5 Å². The number of carbonyl (C=O) groups is 1. The summed E-state index contributed by atoms with van der Waals surface area (Å²) in [6.07, 6.45) is 1.15. The van der Waals surface area contributed by atoms with Crippen molar-refractivity contribution in [2.75, 3.05) is 5.32 Å². The highest BCUT2D eigenvalue weighted by Crippen LogP contribution is 2.39. The van der Waals surface area contributed by atoms with Crippen LogP contribution in [0.25, 0.3) is 10.9 Å². The van der Waals surface area contributed by atoms with Gasteiger partial charge in [-0.15, -0.1) is 0 Å². The summed E-state index contributed by atoms with van der Waals surface area (Å²) in [5.74, 6) is -0.220. The van der Waals surface area contributed by atoms with Crippen molar-refractivity contribution in [3.8, 4) is 0 Å². The molecule has 1 unspecified atom stereocenters. The predicted octanol–water partition coefficient (Wildman–Crippen LogP) is 5.15. The van der Waals surface area contributed by atoms with Crippen molar-refractivity contribution in [2.45, 2.75) is 16.0 Å². The maximum Gasteiger partial charge on any atom is 0.283 e. The number of fused-ring (bicyclic) bond motifs is 2. The van der Waals surface area contributed by atoms with Crippen molar-refractivity contribution in [3.63, 3.8) is 0 Å². The van der Waals surface area contributed by atoms with Gasteiger partial charge in [-0.25, -0.2) is 0 Å². The number of nitro benzene ring substituents is 1. The van der Waals surface area contributed by atoms with Crippen LogP contribution in [-0.2, 0) is 0 Å². The number of nitro groups is 1. The Kier molecular flexibility index (Phi) is 4.76. The molecule has 7 nitrogen and oxygen atoms in total. The predicted molar refractivity (Wildman–Crippen MR) is 119 cm³/mol.